The Morgan fingerprint density at radius 2 is 1.33 bits per heavy atom. The topological polar surface area (TPSA) is 58.9 Å². The predicted octanol–water partition coefficient (Wildman–Crippen LogP) is 0.608. The van der Waals surface area contributed by atoms with Gasteiger partial charge in [0.05, 0.1) is 12.2 Å². The van der Waals surface area contributed by atoms with Crippen LogP contribution < -0.4 is 0 Å². The summed E-state index contributed by atoms with van der Waals surface area (Å²) in [7, 11) is 0.305. The lowest BCUT2D eigenvalue weighted by Gasteiger charge is -2.06. The van der Waals surface area contributed by atoms with Gasteiger partial charge < -0.3 is 19.5 Å². The van der Waals surface area contributed by atoms with Gasteiger partial charge in [-0.15, -0.1) is 0 Å². The number of aliphatic hydroxyl groups excluding tert-OH is 2. The molecule has 0 rings (SSSR count). The number of rotatable bonds is 10. The smallest absolute Gasteiger partial charge is 0.414 e. The van der Waals surface area contributed by atoms with Gasteiger partial charge in [0.1, 0.15) is 0 Å². The molecule has 0 aromatic carbocycles. The van der Waals surface area contributed by atoms with Crippen molar-refractivity contribution in [2.45, 2.75) is 51.7 Å². The van der Waals surface area contributed by atoms with Gasteiger partial charge in [0.15, 0.2) is 0 Å². The van der Waals surface area contributed by atoms with E-state index in [0.717, 1.165) is 25.7 Å². The van der Waals surface area contributed by atoms with Crippen molar-refractivity contribution in [2.24, 2.45) is 0 Å². The molecule has 0 heterocycles. The molecule has 0 aliphatic rings. The molecule has 0 saturated carbocycles. The molecular weight excluding hydrogens is 195 g/mol. The summed E-state index contributed by atoms with van der Waals surface area (Å²) in [6, 6.07) is 0. The van der Waals surface area contributed by atoms with Crippen LogP contribution in [0.2, 0.25) is 0 Å². The average Bonchev–Trinajstić information content (AvgIpc) is 2.14. The lowest BCUT2D eigenvalue weighted by molar-refractivity contribution is 0.153. The van der Waals surface area contributed by atoms with Crippen molar-refractivity contribution in [3.63, 3.8) is 0 Å². The molecule has 0 saturated heterocycles. The number of hydrogen-bond donors (Lipinski definition) is 2. The maximum absolute atomic E-state index is 8.97. The fraction of sp³-hybridized carbons (Fsp3) is 1.00. The fourth-order valence-corrected chi connectivity index (χ4v) is 1.14. The zero-order valence-electron chi connectivity index (χ0n) is 9.82. The van der Waals surface area contributed by atoms with Crippen LogP contribution in [-0.4, -0.2) is 43.3 Å². The Balaban J connectivity index is 2.93. The molecule has 90 valence electrons. The van der Waals surface area contributed by atoms with Gasteiger partial charge in [-0.25, -0.2) is 0 Å². The third kappa shape index (κ3) is 13.9. The van der Waals surface area contributed by atoms with E-state index in [1.54, 1.807) is 13.8 Å². The highest BCUT2D eigenvalue weighted by Crippen LogP contribution is 1.97. The van der Waals surface area contributed by atoms with Crippen molar-refractivity contribution in [3.05, 3.63) is 0 Å². The van der Waals surface area contributed by atoms with E-state index in [2.05, 4.69) is 0 Å². The zero-order valence-corrected chi connectivity index (χ0v) is 9.82. The van der Waals surface area contributed by atoms with Crippen LogP contribution in [0.4, 0.5) is 0 Å². The van der Waals surface area contributed by atoms with Gasteiger partial charge in [0, 0.05) is 13.2 Å². The van der Waals surface area contributed by atoms with Crippen LogP contribution in [0, 0.1) is 0 Å². The Hall–Kier alpha value is -0.0951. The van der Waals surface area contributed by atoms with E-state index in [-0.39, 0.29) is 12.2 Å². The normalized spacial score (nSPS) is 14.9. The second-order valence-electron chi connectivity index (χ2n) is 3.92. The molecule has 5 heteroatoms. The summed E-state index contributed by atoms with van der Waals surface area (Å²) in [6.07, 6.45) is 2.74. The Kier molecular flexibility index (Phi) is 10.4. The van der Waals surface area contributed by atoms with Crippen LogP contribution in [0.25, 0.3) is 0 Å². The molecule has 0 aromatic heterocycles. The molecular formula is C10H23BO4. The van der Waals surface area contributed by atoms with Crippen LogP contribution in [0.3, 0.4) is 0 Å². The summed E-state index contributed by atoms with van der Waals surface area (Å²) < 4.78 is 10.4. The molecule has 0 aliphatic carbocycles. The van der Waals surface area contributed by atoms with E-state index < -0.39 is 0 Å². The quantitative estimate of drug-likeness (QED) is 0.416. The summed E-state index contributed by atoms with van der Waals surface area (Å²) in [6.45, 7) is 4.79. The molecule has 2 unspecified atom stereocenters. The van der Waals surface area contributed by atoms with Crippen LogP contribution in [0.5, 0.6) is 0 Å². The molecule has 2 N–H and O–H groups in total. The van der Waals surface area contributed by atoms with Crippen LogP contribution in [0.1, 0.15) is 39.5 Å². The summed E-state index contributed by atoms with van der Waals surface area (Å²) in [5, 5.41) is 17.9. The maximum atomic E-state index is 8.97. The zero-order chi connectivity index (χ0) is 11.5. The molecule has 0 aliphatic heterocycles. The number of hydrogen-bond acceptors (Lipinski definition) is 4. The van der Waals surface area contributed by atoms with Gasteiger partial charge in [0.2, 0.25) is 0 Å². The van der Waals surface area contributed by atoms with Gasteiger partial charge >= 0.3 is 7.69 Å². The van der Waals surface area contributed by atoms with Gasteiger partial charge in [-0.3, -0.25) is 0 Å². The largest absolute Gasteiger partial charge is 0.438 e. The van der Waals surface area contributed by atoms with Gasteiger partial charge in [-0.2, -0.15) is 0 Å². The first-order valence-electron chi connectivity index (χ1n) is 5.64. The molecule has 4 nitrogen and oxygen atoms in total. The molecule has 2 atom stereocenters. The molecule has 15 heavy (non-hydrogen) atoms. The Bertz CT molecular complexity index is 117. The lowest BCUT2D eigenvalue weighted by atomic mass is 10.2. The lowest BCUT2D eigenvalue weighted by Crippen LogP contribution is -2.10. The van der Waals surface area contributed by atoms with E-state index in [9.17, 15) is 0 Å². The second-order valence-corrected chi connectivity index (χ2v) is 3.92. The Morgan fingerprint density at radius 1 is 0.933 bits per heavy atom. The maximum Gasteiger partial charge on any atom is 0.438 e. The Labute approximate surface area is 92.9 Å². The first kappa shape index (κ1) is 14.9. The van der Waals surface area contributed by atoms with Gasteiger partial charge in [-0.1, -0.05) is 0 Å². The van der Waals surface area contributed by atoms with E-state index >= 15 is 0 Å². The van der Waals surface area contributed by atoms with E-state index in [4.69, 9.17) is 19.5 Å². The number of aliphatic hydroxyl groups is 2. The highest BCUT2D eigenvalue weighted by Gasteiger charge is 1.98. The molecule has 0 fully saturated rings. The van der Waals surface area contributed by atoms with Crippen LogP contribution >= 0.6 is 0 Å². The monoisotopic (exact) mass is 218 g/mol. The van der Waals surface area contributed by atoms with E-state index in [1.807, 2.05) is 0 Å². The third-order valence-corrected chi connectivity index (χ3v) is 1.99. The van der Waals surface area contributed by atoms with Crippen molar-refractivity contribution in [1.29, 1.82) is 0 Å². The van der Waals surface area contributed by atoms with E-state index in [0.29, 0.717) is 20.9 Å². The first-order valence-corrected chi connectivity index (χ1v) is 5.64. The molecule has 0 spiro atoms. The van der Waals surface area contributed by atoms with Gasteiger partial charge in [0.25, 0.3) is 0 Å². The molecule has 0 radical (unpaired) electrons. The first-order chi connectivity index (χ1) is 7.13. The van der Waals surface area contributed by atoms with Gasteiger partial charge in [-0.05, 0) is 39.5 Å². The molecule has 0 bridgehead atoms. The Morgan fingerprint density at radius 3 is 1.67 bits per heavy atom. The second kappa shape index (κ2) is 10.4. The summed E-state index contributed by atoms with van der Waals surface area (Å²) in [5.74, 6) is 0. The minimum atomic E-state index is -0.249. The summed E-state index contributed by atoms with van der Waals surface area (Å²) >= 11 is 0. The molecule has 0 aromatic rings. The summed E-state index contributed by atoms with van der Waals surface area (Å²) in [4.78, 5) is 0. The van der Waals surface area contributed by atoms with Crippen molar-refractivity contribution in [1.82, 2.24) is 0 Å². The SMILES string of the molecule is CC(O)CCCOBOCCCC(C)O. The van der Waals surface area contributed by atoms with E-state index in [1.165, 1.54) is 0 Å². The summed E-state index contributed by atoms with van der Waals surface area (Å²) in [5.41, 5.74) is 0. The van der Waals surface area contributed by atoms with Crippen molar-refractivity contribution >= 4 is 7.69 Å². The van der Waals surface area contributed by atoms with Crippen molar-refractivity contribution in [3.8, 4) is 0 Å². The standard InChI is InChI=1S/C10H23BO4/c1-9(12)5-3-7-14-11-15-8-4-6-10(2)13/h9-13H,3-8H2,1-2H3. The highest BCUT2D eigenvalue weighted by molar-refractivity contribution is 6.17. The molecule has 0 amide bonds. The third-order valence-electron chi connectivity index (χ3n) is 1.99. The highest BCUT2D eigenvalue weighted by atomic mass is 16.6. The fourth-order valence-electron chi connectivity index (χ4n) is 1.14. The minimum Gasteiger partial charge on any atom is -0.414 e. The average molecular weight is 218 g/mol. The van der Waals surface area contributed by atoms with Crippen LogP contribution in [0.15, 0.2) is 0 Å². The predicted molar refractivity (Wildman–Crippen MR) is 60.9 cm³/mol. The minimum absolute atomic E-state index is 0.249. The van der Waals surface area contributed by atoms with Crippen molar-refractivity contribution < 1.29 is 19.5 Å². The van der Waals surface area contributed by atoms with Crippen LogP contribution in [-0.2, 0) is 9.31 Å². The van der Waals surface area contributed by atoms with Crippen molar-refractivity contribution in [2.75, 3.05) is 13.2 Å².